The van der Waals surface area contributed by atoms with E-state index in [4.69, 9.17) is 23.4 Å². The molecule has 5 rings (SSSR count). The molecule has 0 spiro atoms. The molecular weight excluding hydrogens is 484 g/mol. The monoisotopic (exact) mass is 514 g/mol. The number of hydrogen-bond donors (Lipinski definition) is 0. The first-order valence-electron chi connectivity index (χ1n) is 12.5. The SMILES string of the molecule is COc1cc(-c2cc(=O)c3ccc(OCCCCn4c(C)nc5ccccc54)cc3o2)cc(OC)c1OC. The van der Waals surface area contributed by atoms with Crippen LogP contribution in [0.4, 0.5) is 0 Å². The van der Waals surface area contributed by atoms with Crippen LogP contribution in [0.25, 0.3) is 33.3 Å². The Morgan fingerprint density at radius 3 is 2.39 bits per heavy atom. The summed E-state index contributed by atoms with van der Waals surface area (Å²) in [4.78, 5) is 17.5. The second-order valence-electron chi connectivity index (χ2n) is 8.90. The predicted octanol–water partition coefficient (Wildman–Crippen LogP) is 6.00. The van der Waals surface area contributed by atoms with Gasteiger partial charge in [0.05, 0.1) is 44.4 Å². The van der Waals surface area contributed by atoms with Gasteiger partial charge in [-0.2, -0.15) is 0 Å². The molecule has 0 unspecified atom stereocenters. The third-order valence-electron chi connectivity index (χ3n) is 6.54. The number of nitrogens with zero attached hydrogens (tertiary/aromatic N) is 2. The average Bonchev–Trinajstić information content (AvgIpc) is 3.26. The number of benzene rings is 3. The number of para-hydroxylation sites is 2. The van der Waals surface area contributed by atoms with Crippen molar-refractivity contribution < 1.29 is 23.4 Å². The van der Waals surface area contributed by atoms with E-state index in [1.165, 1.54) is 6.07 Å². The van der Waals surface area contributed by atoms with E-state index in [0.29, 0.717) is 51.9 Å². The predicted molar refractivity (Wildman–Crippen MR) is 147 cm³/mol. The van der Waals surface area contributed by atoms with Gasteiger partial charge in [0.25, 0.3) is 0 Å². The van der Waals surface area contributed by atoms with Crippen LogP contribution in [0.15, 0.2) is 69.9 Å². The quantitative estimate of drug-likeness (QED) is 0.211. The van der Waals surface area contributed by atoms with E-state index in [-0.39, 0.29) is 5.43 Å². The Morgan fingerprint density at radius 1 is 0.895 bits per heavy atom. The lowest BCUT2D eigenvalue weighted by Gasteiger charge is -2.14. The molecule has 0 saturated carbocycles. The van der Waals surface area contributed by atoms with Crippen LogP contribution in [0.5, 0.6) is 23.0 Å². The molecule has 0 N–H and O–H groups in total. The topological polar surface area (TPSA) is 85.0 Å². The van der Waals surface area contributed by atoms with E-state index in [0.717, 1.165) is 36.2 Å². The molecule has 3 aromatic carbocycles. The Hall–Kier alpha value is -4.46. The van der Waals surface area contributed by atoms with Gasteiger partial charge in [-0.25, -0.2) is 4.98 Å². The van der Waals surface area contributed by atoms with Crippen molar-refractivity contribution in [3.63, 3.8) is 0 Å². The van der Waals surface area contributed by atoms with Crippen molar-refractivity contribution in [2.75, 3.05) is 27.9 Å². The third-order valence-corrected chi connectivity index (χ3v) is 6.54. The van der Waals surface area contributed by atoms with Crippen LogP contribution >= 0.6 is 0 Å². The summed E-state index contributed by atoms with van der Waals surface area (Å²) in [5.74, 6) is 3.46. The standard InChI is InChI=1S/C30H30N2O6/c1-19-31-23-9-5-6-10-24(23)32(19)13-7-8-14-37-21-11-12-22-25(33)18-26(38-27(22)17-21)20-15-28(34-2)30(36-4)29(16-20)35-3/h5-6,9-12,15-18H,7-8,13-14H2,1-4H3. The highest BCUT2D eigenvalue weighted by atomic mass is 16.5. The first kappa shape index (κ1) is 25.2. The van der Waals surface area contributed by atoms with Crippen molar-refractivity contribution in [3.05, 3.63) is 76.7 Å². The maximum atomic E-state index is 12.9. The van der Waals surface area contributed by atoms with Crippen LogP contribution in [0.1, 0.15) is 18.7 Å². The van der Waals surface area contributed by atoms with Crippen molar-refractivity contribution in [2.45, 2.75) is 26.3 Å². The van der Waals surface area contributed by atoms with E-state index in [1.54, 1.807) is 51.7 Å². The number of ether oxygens (including phenoxy) is 4. The highest BCUT2D eigenvalue weighted by molar-refractivity contribution is 5.81. The van der Waals surface area contributed by atoms with Gasteiger partial charge in [0.1, 0.15) is 22.9 Å². The van der Waals surface area contributed by atoms with Crippen molar-refractivity contribution in [3.8, 4) is 34.3 Å². The van der Waals surface area contributed by atoms with Crippen molar-refractivity contribution >= 4 is 22.0 Å². The molecule has 0 amide bonds. The number of fused-ring (bicyclic) bond motifs is 2. The van der Waals surface area contributed by atoms with Crippen LogP contribution < -0.4 is 24.4 Å². The van der Waals surface area contributed by atoms with Gasteiger partial charge in [-0.15, -0.1) is 0 Å². The van der Waals surface area contributed by atoms with Crippen molar-refractivity contribution in [1.82, 2.24) is 9.55 Å². The minimum absolute atomic E-state index is 0.149. The second kappa shape index (κ2) is 10.9. The fourth-order valence-electron chi connectivity index (χ4n) is 4.63. The fraction of sp³-hybridized carbons (Fsp3) is 0.267. The zero-order valence-corrected chi connectivity index (χ0v) is 21.9. The van der Waals surface area contributed by atoms with Crippen LogP contribution in [0.3, 0.4) is 0 Å². The molecule has 0 aliphatic heterocycles. The number of hydrogen-bond acceptors (Lipinski definition) is 7. The molecule has 0 saturated heterocycles. The molecule has 0 bridgehead atoms. The summed E-state index contributed by atoms with van der Waals surface area (Å²) in [6.45, 7) is 3.46. The molecule has 38 heavy (non-hydrogen) atoms. The minimum atomic E-state index is -0.149. The van der Waals surface area contributed by atoms with E-state index in [1.807, 2.05) is 25.1 Å². The zero-order chi connectivity index (χ0) is 26.6. The Bertz CT molecular complexity index is 1630. The maximum absolute atomic E-state index is 12.9. The second-order valence-corrected chi connectivity index (χ2v) is 8.90. The normalized spacial score (nSPS) is 11.2. The fourth-order valence-corrected chi connectivity index (χ4v) is 4.63. The molecular formula is C30H30N2O6. The highest BCUT2D eigenvalue weighted by Crippen LogP contribution is 2.41. The first-order chi connectivity index (χ1) is 18.5. The van der Waals surface area contributed by atoms with Crippen LogP contribution in [0, 0.1) is 6.92 Å². The van der Waals surface area contributed by atoms with Gasteiger partial charge >= 0.3 is 0 Å². The lowest BCUT2D eigenvalue weighted by atomic mass is 10.1. The van der Waals surface area contributed by atoms with Gasteiger partial charge in [-0.3, -0.25) is 4.79 Å². The Balaban J connectivity index is 1.30. The lowest BCUT2D eigenvalue weighted by molar-refractivity contribution is 0.303. The molecule has 8 heteroatoms. The highest BCUT2D eigenvalue weighted by Gasteiger charge is 2.16. The summed E-state index contributed by atoms with van der Waals surface area (Å²) in [7, 11) is 4.62. The molecule has 2 heterocycles. The number of aromatic nitrogens is 2. The smallest absolute Gasteiger partial charge is 0.203 e. The number of imidazole rings is 1. The van der Waals surface area contributed by atoms with Crippen molar-refractivity contribution in [2.24, 2.45) is 0 Å². The van der Waals surface area contributed by atoms with Crippen LogP contribution in [-0.2, 0) is 6.54 Å². The maximum Gasteiger partial charge on any atom is 0.203 e. The van der Waals surface area contributed by atoms with E-state index in [9.17, 15) is 4.79 Å². The Kier molecular flexibility index (Phi) is 7.22. The average molecular weight is 515 g/mol. The van der Waals surface area contributed by atoms with Gasteiger partial charge in [0.15, 0.2) is 16.9 Å². The summed E-state index contributed by atoms with van der Waals surface area (Å²) in [6.07, 6.45) is 1.83. The molecule has 5 aromatic rings. The minimum Gasteiger partial charge on any atom is -0.493 e. The number of methoxy groups -OCH3 is 3. The van der Waals surface area contributed by atoms with Gasteiger partial charge in [-0.1, -0.05) is 12.1 Å². The summed E-state index contributed by atoms with van der Waals surface area (Å²) < 4.78 is 30.6. The molecule has 196 valence electrons. The summed E-state index contributed by atoms with van der Waals surface area (Å²) in [5.41, 5.74) is 3.10. The number of rotatable bonds is 10. The molecule has 2 aromatic heterocycles. The third kappa shape index (κ3) is 4.89. The summed E-state index contributed by atoms with van der Waals surface area (Å²) in [5, 5.41) is 0.482. The summed E-state index contributed by atoms with van der Waals surface area (Å²) >= 11 is 0. The van der Waals surface area contributed by atoms with E-state index < -0.39 is 0 Å². The lowest BCUT2D eigenvalue weighted by Crippen LogP contribution is -2.04. The largest absolute Gasteiger partial charge is 0.493 e. The Labute approximate surface area is 220 Å². The van der Waals surface area contributed by atoms with Crippen LogP contribution in [-0.4, -0.2) is 37.5 Å². The molecule has 0 fully saturated rings. The van der Waals surface area contributed by atoms with Gasteiger partial charge < -0.3 is 27.9 Å². The summed E-state index contributed by atoms with van der Waals surface area (Å²) in [6, 6.07) is 18.4. The Morgan fingerprint density at radius 2 is 1.66 bits per heavy atom. The molecule has 0 aliphatic rings. The molecule has 0 radical (unpaired) electrons. The van der Waals surface area contributed by atoms with Crippen LogP contribution in [0.2, 0.25) is 0 Å². The number of aryl methyl sites for hydroxylation is 2. The zero-order valence-electron chi connectivity index (χ0n) is 21.9. The molecule has 8 nitrogen and oxygen atoms in total. The van der Waals surface area contributed by atoms with Gasteiger partial charge in [-0.05, 0) is 56.2 Å². The molecule has 0 atom stereocenters. The van der Waals surface area contributed by atoms with Gasteiger partial charge in [0, 0.05) is 24.2 Å². The van der Waals surface area contributed by atoms with E-state index >= 15 is 0 Å². The van der Waals surface area contributed by atoms with Crippen molar-refractivity contribution in [1.29, 1.82) is 0 Å². The van der Waals surface area contributed by atoms with Gasteiger partial charge in [0.2, 0.25) is 5.75 Å². The molecule has 0 aliphatic carbocycles. The van der Waals surface area contributed by atoms with E-state index in [2.05, 4.69) is 15.6 Å². The number of unbranched alkanes of at least 4 members (excludes halogenated alkanes) is 1. The first-order valence-corrected chi connectivity index (χ1v) is 12.5.